The van der Waals surface area contributed by atoms with Crippen LogP contribution in [0.25, 0.3) is 17.2 Å². The first-order valence-electron chi connectivity index (χ1n) is 12.9. The molecule has 7 nitrogen and oxygen atoms in total. The van der Waals surface area contributed by atoms with Crippen molar-refractivity contribution in [2.24, 2.45) is 0 Å². The van der Waals surface area contributed by atoms with E-state index >= 15 is 0 Å². The number of carbonyl (C=O) groups excluding carboxylic acids is 1. The average Bonchev–Trinajstić information content (AvgIpc) is 2.89. The molecule has 36 heavy (non-hydrogen) atoms. The Morgan fingerprint density at radius 1 is 1.11 bits per heavy atom. The van der Waals surface area contributed by atoms with Gasteiger partial charge in [-0.05, 0) is 61.6 Å². The molecule has 2 aromatic carbocycles. The average molecular weight is 495 g/mol. The minimum Gasteiger partial charge on any atom is -0.493 e. The molecule has 1 aliphatic rings. The zero-order chi connectivity index (χ0) is 25.9. The summed E-state index contributed by atoms with van der Waals surface area (Å²) in [7, 11) is 1.78. The molecule has 2 amide bonds. The number of ether oxygens (including phenoxy) is 2. The fourth-order valence-electron chi connectivity index (χ4n) is 4.30. The van der Waals surface area contributed by atoms with Gasteiger partial charge in [-0.3, -0.25) is 4.90 Å². The smallest absolute Gasteiger partial charge is 0.371 e. The third-order valence-electron chi connectivity index (χ3n) is 6.35. The third-order valence-corrected chi connectivity index (χ3v) is 6.35. The molecular formula is C29H38N2O5. The van der Waals surface area contributed by atoms with Crippen LogP contribution < -0.4 is 15.0 Å². The highest BCUT2D eigenvalue weighted by Crippen LogP contribution is 2.34. The molecule has 0 spiro atoms. The van der Waals surface area contributed by atoms with Gasteiger partial charge in [0.1, 0.15) is 5.75 Å². The number of carboxylic acids is 1. The molecule has 0 bridgehead atoms. The summed E-state index contributed by atoms with van der Waals surface area (Å²) in [5, 5.41) is 12.6. The predicted octanol–water partition coefficient (Wildman–Crippen LogP) is 6.47. The summed E-state index contributed by atoms with van der Waals surface area (Å²) in [6.07, 6.45) is 9.04. The van der Waals surface area contributed by atoms with Gasteiger partial charge in [-0.25, -0.2) is 9.59 Å². The van der Waals surface area contributed by atoms with Gasteiger partial charge in [-0.15, -0.1) is 0 Å². The van der Waals surface area contributed by atoms with E-state index < -0.39 is 5.97 Å². The van der Waals surface area contributed by atoms with Gasteiger partial charge in [0.05, 0.1) is 13.2 Å². The van der Waals surface area contributed by atoms with Crippen LogP contribution in [0, 0.1) is 0 Å². The number of hydrogen-bond donors (Lipinski definition) is 2. The van der Waals surface area contributed by atoms with Crippen molar-refractivity contribution < 1.29 is 24.2 Å². The van der Waals surface area contributed by atoms with E-state index in [9.17, 15) is 14.7 Å². The maximum Gasteiger partial charge on any atom is 0.371 e. The van der Waals surface area contributed by atoms with Gasteiger partial charge < -0.3 is 19.9 Å². The van der Waals surface area contributed by atoms with Gasteiger partial charge in [-0.1, -0.05) is 56.9 Å². The lowest BCUT2D eigenvalue weighted by atomic mass is 9.96. The lowest BCUT2D eigenvalue weighted by Crippen LogP contribution is -2.43. The van der Waals surface area contributed by atoms with E-state index in [1.165, 1.54) is 12.5 Å². The van der Waals surface area contributed by atoms with Crippen molar-refractivity contribution in [1.29, 1.82) is 0 Å². The summed E-state index contributed by atoms with van der Waals surface area (Å²) in [5.74, 6) is -0.570. The lowest BCUT2D eigenvalue weighted by molar-refractivity contribution is -0.136. The molecular weight excluding hydrogens is 456 g/mol. The van der Waals surface area contributed by atoms with Crippen molar-refractivity contribution in [2.45, 2.75) is 64.8 Å². The Morgan fingerprint density at radius 3 is 2.58 bits per heavy atom. The molecule has 0 saturated heterocycles. The molecule has 1 fully saturated rings. The molecule has 2 N–H and O–H groups in total. The Labute approximate surface area is 214 Å². The lowest BCUT2D eigenvalue weighted by Gasteiger charge is -2.26. The Hall–Kier alpha value is -3.48. The van der Waals surface area contributed by atoms with Crippen molar-refractivity contribution in [3.05, 3.63) is 53.8 Å². The van der Waals surface area contributed by atoms with E-state index in [1.54, 1.807) is 18.9 Å². The van der Waals surface area contributed by atoms with Gasteiger partial charge in [0.25, 0.3) is 0 Å². The number of anilines is 1. The van der Waals surface area contributed by atoms with Crippen molar-refractivity contribution in [2.75, 3.05) is 25.2 Å². The van der Waals surface area contributed by atoms with Crippen LogP contribution in [0.3, 0.4) is 0 Å². The van der Waals surface area contributed by atoms with Gasteiger partial charge in [0, 0.05) is 24.3 Å². The minimum atomic E-state index is -1.11. The second kappa shape index (κ2) is 13.6. The largest absolute Gasteiger partial charge is 0.493 e. The maximum atomic E-state index is 12.9. The third kappa shape index (κ3) is 7.51. The first kappa shape index (κ1) is 27.1. The quantitative estimate of drug-likeness (QED) is 0.212. The van der Waals surface area contributed by atoms with Gasteiger partial charge in [0.15, 0.2) is 0 Å². The normalized spacial score (nSPS) is 14.2. The van der Waals surface area contributed by atoms with Crippen molar-refractivity contribution in [1.82, 2.24) is 5.32 Å². The number of nitrogens with zero attached hydrogens (tertiary/aromatic N) is 1. The first-order chi connectivity index (χ1) is 17.4. The standard InChI is InChI=1S/C29H38N2O5/c1-4-6-17-36-26-18-21(19-27(28(32)33)35-5-2)15-16-25(26)22-11-10-14-24(20-22)31(3)29(34)30-23-12-8-7-9-13-23/h10-11,14-16,18-20,23H,4-9,12-13,17H2,1-3H3,(H,30,34)(H,32,33)/b27-19+. The van der Waals surface area contributed by atoms with E-state index in [4.69, 9.17) is 9.47 Å². The number of aliphatic carboxylic acids is 1. The highest BCUT2D eigenvalue weighted by Gasteiger charge is 2.19. The first-order valence-corrected chi connectivity index (χ1v) is 12.9. The van der Waals surface area contributed by atoms with Crippen LogP contribution in [0.2, 0.25) is 0 Å². The number of benzene rings is 2. The topological polar surface area (TPSA) is 88.1 Å². The summed E-state index contributed by atoms with van der Waals surface area (Å²) < 4.78 is 11.4. The number of nitrogens with one attached hydrogen (secondary N) is 1. The Kier molecular flexibility index (Phi) is 10.2. The van der Waals surface area contributed by atoms with Crippen molar-refractivity contribution >= 4 is 23.8 Å². The molecule has 1 aliphatic carbocycles. The molecule has 0 unspecified atom stereocenters. The van der Waals surface area contributed by atoms with E-state index in [1.807, 2.05) is 42.5 Å². The molecule has 0 heterocycles. The van der Waals surface area contributed by atoms with Gasteiger partial charge in [0.2, 0.25) is 5.76 Å². The molecule has 0 aliphatic heterocycles. The highest BCUT2D eigenvalue weighted by atomic mass is 16.5. The second-order valence-corrected chi connectivity index (χ2v) is 9.10. The van der Waals surface area contributed by atoms with Crippen molar-refractivity contribution in [3.63, 3.8) is 0 Å². The number of carbonyl (C=O) groups is 2. The number of amides is 2. The SMILES string of the molecule is CCCCOc1cc(/C=C(/OCC)C(=O)O)ccc1-c1cccc(N(C)C(=O)NC2CCCCC2)c1. The van der Waals surface area contributed by atoms with Crippen LogP contribution >= 0.6 is 0 Å². The van der Waals surface area contributed by atoms with E-state index in [2.05, 4.69) is 12.2 Å². The monoisotopic (exact) mass is 494 g/mol. The van der Waals surface area contributed by atoms with Crippen LogP contribution in [0.4, 0.5) is 10.5 Å². The predicted molar refractivity (Wildman–Crippen MR) is 143 cm³/mol. The van der Waals surface area contributed by atoms with Gasteiger partial charge >= 0.3 is 12.0 Å². The second-order valence-electron chi connectivity index (χ2n) is 9.10. The maximum absolute atomic E-state index is 12.9. The number of rotatable bonds is 11. The number of carboxylic acid groups (broad SMARTS) is 1. The number of urea groups is 1. The molecule has 194 valence electrons. The Morgan fingerprint density at radius 2 is 1.89 bits per heavy atom. The zero-order valence-electron chi connectivity index (χ0n) is 21.6. The molecule has 3 rings (SSSR count). The van der Waals surface area contributed by atoms with E-state index in [-0.39, 0.29) is 24.4 Å². The molecule has 0 atom stereocenters. The summed E-state index contributed by atoms with van der Waals surface area (Å²) in [6, 6.07) is 13.5. The number of hydrogen-bond acceptors (Lipinski definition) is 4. The highest BCUT2D eigenvalue weighted by molar-refractivity contribution is 5.93. The van der Waals surface area contributed by atoms with Crippen LogP contribution in [0.15, 0.2) is 48.2 Å². The summed E-state index contributed by atoms with van der Waals surface area (Å²) in [6.45, 7) is 4.67. The van der Waals surface area contributed by atoms with Crippen LogP contribution in [-0.2, 0) is 9.53 Å². The van der Waals surface area contributed by atoms with E-state index in [0.717, 1.165) is 55.3 Å². The Bertz CT molecular complexity index is 1060. The molecule has 2 aromatic rings. The molecule has 1 saturated carbocycles. The summed E-state index contributed by atoms with van der Waals surface area (Å²) >= 11 is 0. The fourth-order valence-corrected chi connectivity index (χ4v) is 4.30. The minimum absolute atomic E-state index is 0.101. The molecule has 7 heteroatoms. The molecule has 0 aromatic heterocycles. The molecule has 0 radical (unpaired) electrons. The van der Waals surface area contributed by atoms with Gasteiger partial charge in [-0.2, -0.15) is 0 Å². The van der Waals surface area contributed by atoms with Crippen LogP contribution in [0.5, 0.6) is 5.75 Å². The fraction of sp³-hybridized carbons (Fsp3) is 0.448. The van der Waals surface area contributed by atoms with E-state index in [0.29, 0.717) is 17.9 Å². The number of unbranched alkanes of at least 4 members (excludes halogenated alkanes) is 1. The Balaban J connectivity index is 1.88. The van der Waals surface area contributed by atoms with Crippen LogP contribution in [0.1, 0.15) is 64.4 Å². The summed E-state index contributed by atoms with van der Waals surface area (Å²) in [4.78, 5) is 26.0. The van der Waals surface area contributed by atoms with Crippen molar-refractivity contribution in [3.8, 4) is 16.9 Å². The summed E-state index contributed by atoms with van der Waals surface area (Å²) in [5.41, 5.74) is 3.25. The zero-order valence-corrected chi connectivity index (χ0v) is 21.6. The van der Waals surface area contributed by atoms with Crippen LogP contribution in [-0.4, -0.2) is 43.4 Å².